The molecule has 0 spiro atoms. The predicted octanol–water partition coefficient (Wildman–Crippen LogP) is 3.45. The number of amides is 2. The summed E-state index contributed by atoms with van der Waals surface area (Å²) in [5, 5.41) is 2.57. The summed E-state index contributed by atoms with van der Waals surface area (Å²) in [4.78, 5) is 23.4. The third-order valence-electron chi connectivity index (χ3n) is 4.85. The molecule has 1 saturated carbocycles. The standard InChI is InChI=1S/C19H28N2O4S/c1-3-4-5-6-15-7-8-16(13-15)19(23)21-26(24,25)18-11-9-17(10-12-18)20-14(2)22/h9-12,15-16H,3-8,13H2,1-2H3,(H,20,22)(H,21,23). The zero-order chi connectivity index (χ0) is 19.2. The van der Waals surface area contributed by atoms with Crippen LogP contribution in [0.25, 0.3) is 0 Å². The molecule has 2 rings (SSSR count). The molecule has 1 aliphatic carbocycles. The van der Waals surface area contributed by atoms with Gasteiger partial charge in [0.25, 0.3) is 10.0 Å². The average Bonchev–Trinajstić information content (AvgIpc) is 3.04. The van der Waals surface area contributed by atoms with Gasteiger partial charge in [0.05, 0.1) is 4.90 Å². The van der Waals surface area contributed by atoms with Gasteiger partial charge in [0.15, 0.2) is 0 Å². The van der Waals surface area contributed by atoms with E-state index in [4.69, 9.17) is 0 Å². The highest BCUT2D eigenvalue weighted by molar-refractivity contribution is 7.90. The largest absolute Gasteiger partial charge is 0.326 e. The Morgan fingerprint density at radius 2 is 1.81 bits per heavy atom. The van der Waals surface area contributed by atoms with E-state index < -0.39 is 15.9 Å². The van der Waals surface area contributed by atoms with Gasteiger partial charge < -0.3 is 5.32 Å². The Morgan fingerprint density at radius 3 is 2.42 bits per heavy atom. The summed E-state index contributed by atoms with van der Waals surface area (Å²) in [6.45, 7) is 3.54. The van der Waals surface area contributed by atoms with Gasteiger partial charge in [-0.15, -0.1) is 0 Å². The van der Waals surface area contributed by atoms with Crippen LogP contribution in [0.15, 0.2) is 29.2 Å². The Hall–Kier alpha value is -1.89. The van der Waals surface area contributed by atoms with Gasteiger partial charge in [-0.3, -0.25) is 9.59 Å². The number of hydrogen-bond donors (Lipinski definition) is 2. The molecule has 2 amide bonds. The number of rotatable bonds is 8. The van der Waals surface area contributed by atoms with Crippen molar-refractivity contribution in [2.75, 3.05) is 5.32 Å². The lowest BCUT2D eigenvalue weighted by Crippen LogP contribution is -2.34. The quantitative estimate of drug-likeness (QED) is 0.676. The smallest absolute Gasteiger partial charge is 0.264 e. The van der Waals surface area contributed by atoms with Crippen molar-refractivity contribution in [3.8, 4) is 0 Å². The van der Waals surface area contributed by atoms with Crippen molar-refractivity contribution >= 4 is 27.5 Å². The first-order chi connectivity index (χ1) is 12.3. The van der Waals surface area contributed by atoms with Crippen LogP contribution in [0.1, 0.15) is 58.8 Å². The van der Waals surface area contributed by atoms with Crippen molar-refractivity contribution < 1.29 is 18.0 Å². The van der Waals surface area contributed by atoms with Gasteiger partial charge in [0.2, 0.25) is 11.8 Å². The fourth-order valence-corrected chi connectivity index (χ4v) is 4.50. The number of anilines is 1. The molecule has 2 N–H and O–H groups in total. The van der Waals surface area contributed by atoms with E-state index in [1.54, 1.807) is 0 Å². The monoisotopic (exact) mass is 380 g/mol. The molecule has 0 aromatic heterocycles. The summed E-state index contributed by atoms with van der Waals surface area (Å²) in [5.74, 6) is -0.343. The van der Waals surface area contributed by atoms with Gasteiger partial charge in [-0.05, 0) is 49.4 Å². The van der Waals surface area contributed by atoms with Crippen molar-refractivity contribution in [2.24, 2.45) is 11.8 Å². The van der Waals surface area contributed by atoms with Crippen LogP contribution in [0.4, 0.5) is 5.69 Å². The minimum absolute atomic E-state index is 0.0115. The van der Waals surface area contributed by atoms with Crippen molar-refractivity contribution in [1.82, 2.24) is 4.72 Å². The zero-order valence-corrected chi connectivity index (χ0v) is 16.3. The van der Waals surface area contributed by atoms with E-state index in [2.05, 4.69) is 17.0 Å². The molecule has 144 valence electrons. The van der Waals surface area contributed by atoms with Crippen molar-refractivity contribution in [3.05, 3.63) is 24.3 Å². The predicted molar refractivity (Wildman–Crippen MR) is 101 cm³/mol. The van der Waals surface area contributed by atoms with Crippen molar-refractivity contribution in [2.45, 2.75) is 63.7 Å². The fraction of sp³-hybridized carbons (Fsp3) is 0.579. The maximum Gasteiger partial charge on any atom is 0.264 e. The van der Waals surface area contributed by atoms with Gasteiger partial charge >= 0.3 is 0 Å². The van der Waals surface area contributed by atoms with Crippen LogP contribution in [0, 0.1) is 11.8 Å². The third-order valence-corrected chi connectivity index (χ3v) is 6.21. The van der Waals surface area contributed by atoms with E-state index in [0.717, 1.165) is 25.7 Å². The Labute approximate surface area is 155 Å². The Bertz CT molecular complexity index is 728. The van der Waals surface area contributed by atoms with Gasteiger partial charge in [-0.1, -0.05) is 32.6 Å². The number of unbranched alkanes of at least 4 members (excludes halogenated alkanes) is 2. The van der Waals surface area contributed by atoms with Crippen molar-refractivity contribution in [3.63, 3.8) is 0 Å². The molecular weight excluding hydrogens is 352 g/mol. The first kappa shape index (κ1) is 20.4. The lowest BCUT2D eigenvalue weighted by molar-refractivity contribution is -0.123. The SMILES string of the molecule is CCCCCC1CCC(C(=O)NS(=O)(=O)c2ccc(NC(C)=O)cc2)C1. The minimum atomic E-state index is -3.89. The number of nitrogens with one attached hydrogen (secondary N) is 2. The lowest BCUT2D eigenvalue weighted by Gasteiger charge is -2.13. The number of hydrogen-bond acceptors (Lipinski definition) is 4. The van der Waals surface area contributed by atoms with E-state index in [-0.39, 0.29) is 16.7 Å². The van der Waals surface area contributed by atoms with Crippen LogP contribution in [0.5, 0.6) is 0 Å². The molecule has 0 saturated heterocycles. The van der Waals surface area contributed by atoms with E-state index in [1.807, 2.05) is 0 Å². The number of carbonyl (C=O) groups is 2. The topological polar surface area (TPSA) is 92.3 Å². The highest BCUT2D eigenvalue weighted by Crippen LogP contribution is 2.34. The molecule has 0 radical (unpaired) electrons. The molecular formula is C19H28N2O4S. The van der Waals surface area contributed by atoms with Crippen LogP contribution < -0.4 is 10.0 Å². The number of carbonyl (C=O) groups excluding carboxylic acids is 2. The summed E-state index contributed by atoms with van der Waals surface area (Å²) in [6, 6.07) is 5.76. The summed E-state index contributed by atoms with van der Waals surface area (Å²) in [7, 11) is -3.89. The normalized spacial score (nSPS) is 19.9. The van der Waals surface area contributed by atoms with Gasteiger partial charge in [0, 0.05) is 18.5 Å². The van der Waals surface area contributed by atoms with Gasteiger partial charge in [-0.25, -0.2) is 13.1 Å². The second kappa shape index (κ2) is 9.16. The Kier molecular flexibility index (Phi) is 7.20. The summed E-state index contributed by atoms with van der Waals surface area (Å²) in [5.41, 5.74) is 0.508. The summed E-state index contributed by atoms with van der Waals surface area (Å²) >= 11 is 0. The van der Waals surface area contributed by atoms with E-state index in [1.165, 1.54) is 50.5 Å². The molecule has 6 nitrogen and oxygen atoms in total. The van der Waals surface area contributed by atoms with Crippen LogP contribution >= 0.6 is 0 Å². The zero-order valence-electron chi connectivity index (χ0n) is 15.5. The minimum Gasteiger partial charge on any atom is -0.326 e. The number of sulfonamides is 1. The van der Waals surface area contributed by atoms with E-state index in [9.17, 15) is 18.0 Å². The van der Waals surface area contributed by atoms with Gasteiger partial charge in [-0.2, -0.15) is 0 Å². The summed E-state index contributed by atoms with van der Waals surface area (Å²) in [6.07, 6.45) is 7.19. The second-order valence-electron chi connectivity index (χ2n) is 7.05. The molecule has 1 aromatic carbocycles. The molecule has 0 aliphatic heterocycles. The average molecular weight is 381 g/mol. The van der Waals surface area contributed by atoms with E-state index in [0.29, 0.717) is 11.6 Å². The molecule has 2 unspecified atom stereocenters. The molecule has 7 heteroatoms. The highest BCUT2D eigenvalue weighted by Gasteiger charge is 2.31. The van der Waals surface area contributed by atoms with E-state index >= 15 is 0 Å². The maximum absolute atomic E-state index is 12.4. The van der Waals surface area contributed by atoms with Crippen LogP contribution in [-0.4, -0.2) is 20.2 Å². The van der Waals surface area contributed by atoms with Crippen LogP contribution in [0.2, 0.25) is 0 Å². The van der Waals surface area contributed by atoms with Crippen LogP contribution in [0.3, 0.4) is 0 Å². The lowest BCUT2D eigenvalue weighted by atomic mass is 9.98. The Balaban J connectivity index is 1.92. The highest BCUT2D eigenvalue weighted by atomic mass is 32.2. The second-order valence-corrected chi connectivity index (χ2v) is 8.73. The molecule has 1 aliphatic rings. The molecule has 26 heavy (non-hydrogen) atoms. The first-order valence-electron chi connectivity index (χ1n) is 9.26. The van der Waals surface area contributed by atoms with Gasteiger partial charge in [0.1, 0.15) is 0 Å². The molecule has 1 aromatic rings. The molecule has 0 bridgehead atoms. The molecule has 1 fully saturated rings. The molecule has 0 heterocycles. The fourth-order valence-electron chi connectivity index (χ4n) is 3.45. The van der Waals surface area contributed by atoms with Crippen molar-refractivity contribution in [1.29, 1.82) is 0 Å². The molecule has 2 atom stereocenters. The summed E-state index contributed by atoms with van der Waals surface area (Å²) < 4.78 is 27.0. The number of benzene rings is 1. The van der Waals surface area contributed by atoms with Crippen LogP contribution in [-0.2, 0) is 19.6 Å². The third kappa shape index (κ3) is 5.83. The Morgan fingerprint density at radius 1 is 1.12 bits per heavy atom. The first-order valence-corrected chi connectivity index (χ1v) is 10.7. The maximum atomic E-state index is 12.4.